The quantitative estimate of drug-likeness (QED) is 0.789. The van der Waals surface area contributed by atoms with Gasteiger partial charge in [-0.1, -0.05) is 12.1 Å². The lowest BCUT2D eigenvalue weighted by Crippen LogP contribution is -2.28. The molecule has 1 aromatic heterocycles. The molecule has 1 aromatic carbocycles. The van der Waals surface area contributed by atoms with Crippen molar-refractivity contribution in [2.75, 3.05) is 12.4 Å². The second kappa shape index (κ2) is 7.24. The Kier molecular flexibility index (Phi) is 5.36. The number of thiophene rings is 1. The molecule has 21 heavy (non-hydrogen) atoms. The summed E-state index contributed by atoms with van der Waals surface area (Å²) in [6, 6.07) is 9.99. The number of nitrogens with one attached hydrogen (secondary N) is 3. The molecule has 0 bridgehead atoms. The van der Waals surface area contributed by atoms with E-state index in [1.54, 1.807) is 11.3 Å². The molecule has 1 heterocycles. The van der Waals surface area contributed by atoms with E-state index in [-0.39, 0.29) is 12.1 Å². The van der Waals surface area contributed by atoms with Crippen LogP contribution in [-0.2, 0) is 6.54 Å². The number of hydrogen-bond donors (Lipinski definition) is 3. The summed E-state index contributed by atoms with van der Waals surface area (Å²) in [5.74, 6) is 0. The topological polar surface area (TPSA) is 53.2 Å². The van der Waals surface area contributed by atoms with Gasteiger partial charge in [0.2, 0.25) is 0 Å². The maximum absolute atomic E-state index is 11.9. The summed E-state index contributed by atoms with van der Waals surface area (Å²) in [4.78, 5) is 13.1. The Labute approximate surface area is 129 Å². The van der Waals surface area contributed by atoms with Crippen molar-refractivity contribution in [3.8, 4) is 0 Å². The van der Waals surface area contributed by atoms with Crippen LogP contribution < -0.4 is 16.0 Å². The van der Waals surface area contributed by atoms with E-state index in [0.29, 0.717) is 6.54 Å². The van der Waals surface area contributed by atoms with Crippen molar-refractivity contribution >= 4 is 23.1 Å². The van der Waals surface area contributed by atoms with Crippen molar-refractivity contribution in [3.63, 3.8) is 0 Å². The molecule has 2 rings (SSSR count). The van der Waals surface area contributed by atoms with Gasteiger partial charge >= 0.3 is 6.03 Å². The van der Waals surface area contributed by atoms with Crippen molar-refractivity contribution in [1.82, 2.24) is 10.6 Å². The molecule has 2 aromatic rings. The lowest BCUT2D eigenvalue weighted by molar-refractivity contribution is 0.252. The smallest absolute Gasteiger partial charge is 0.319 e. The average molecular weight is 303 g/mol. The van der Waals surface area contributed by atoms with E-state index in [0.717, 1.165) is 11.3 Å². The number of urea groups is 1. The SMILES string of the molecule is CNC(C)c1cccc(NC(=O)NCc2sccc2C)c1. The second-order valence-electron chi connectivity index (χ2n) is 4.97. The predicted octanol–water partition coefficient (Wildman–Crippen LogP) is 3.66. The molecule has 0 spiro atoms. The number of carbonyl (C=O) groups is 1. The van der Waals surface area contributed by atoms with Gasteiger partial charge in [-0.15, -0.1) is 11.3 Å². The fourth-order valence-corrected chi connectivity index (χ4v) is 2.82. The van der Waals surface area contributed by atoms with Crippen LogP contribution in [0.5, 0.6) is 0 Å². The molecule has 1 atom stereocenters. The summed E-state index contributed by atoms with van der Waals surface area (Å²) in [7, 11) is 1.92. The highest BCUT2D eigenvalue weighted by molar-refractivity contribution is 7.10. The molecule has 112 valence electrons. The Hall–Kier alpha value is -1.85. The van der Waals surface area contributed by atoms with Crippen LogP contribution in [0.2, 0.25) is 0 Å². The molecule has 3 N–H and O–H groups in total. The molecule has 4 nitrogen and oxygen atoms in total. The molecule has 0 aliphatic heterocycles. The van der Waals surface area contributed by atoms with Crippen LogP contribution in [0.3, 0.4) is 0 Å². The predicted molar refractivity (Wildman–Crippen MR) is 88.8 cm³/mol. The molecule has 2 amide bonds. The summed E-state index contributed by atoms with van der Waals surface area (Å²) in [5.41, 5.74) is 3.16. The first-order chi connectivity index (χ1) is 10.1. The summed E-state index contributed by atoms with van der Waals surface area (Å²) in [6.45, 7) is 4.69. The maximum Gasteiger partial charge on any atom is 0.319 e. The summed E-state index contributed by atoms with van der Waals surface area (Å²) >= 11 is 1.66. The van der Waals surface area contributed by atoms with E-state index in [1.165, 1.54) is 10.4 Å². The fourth-order valence-electron chi connectivity index (χ4n) is 1.97. The first-order valence-electron chi connectivity index (χ1n) is 6.95. The zero-order chi connectivity index (χ0) is 15.2. The number of benzene rings is 1. The van der Waals surface area contributed by atoms with Gasteiger partial charge in [0.1, 0.15) is 0 Å². The minimum atomic E-state index is -0.183. The van der Waals surface area contributed by atoms with Crippen molar-refractivity contribution in [1.29, 1.82) is 0 Å². The second-order valence-corrected chi connectivity index (χ2v) is 5.97. The Morgan fingerprint density at radius 3 is 2.81 bits per heavy atom. The molecule has 0 radical (unpaired) electrons. The Morgan fingerprint density at radius 2 is 2.14 bits per heavy atom. The Bertz CT molecular complexity index is 609. The normalized spacial score (nSPS) is 12.0. The fraction of sp³-hybridized carbons (Fsp3) is 0.312. The molecule has 0 fully saturated rings. The van der Waals surface area contributed by atoms with E-state index in [4.69, 9.17) is 0 Å². The van der Waals surface area contributed by atoms with Crippen molar-refractivity contribution in [2.45, 2.75) is 26.4 Å². The van der Waals surface area contributed by atoms with Gasteiger partial charge in [-0.25, -0.2) is 4.79 Å². The lowest BCUT2D eigenvalue weighted by Gasteiger charge is -2.13. The Morgan fingerprint density at radius 1 is 1.33 bits per heavy atom. The zero-order valence-corrected chi connectivity index (χ0v) is 13.4. The molecule has 5 heteroatoms. The van der Waals surface area contributed by atoms with Crippen LogP contribution in [0.1, 0.15) is 29.0 Å². The van der Waals surface area contributed by atoms with Crippen molar-refractivity contribution < 1.29 is 4.79 Å². The molecule has 0 aliphatic carbocycles. The van der Waals surface area contributed by atoms with E-state index in [1.807, 2.05) is 43.6 Å². The van der Waals surface area contributed by atoms with Gasteiger partial charge in [0.15, 0.2) is 0 Å². The first-order valence-corrected chi connectivity index (χ1v) is 7.83. The van der Waals surface area contributed by atoms with Gasteiger partial charge in [0.05, 0.1) is 6.54 Å². The molecule has 0 aliphatic rings. The van der Waals surface area contributed by atoms with Crippen LogP contribution in [0.25, 0.3) is 0 Å². The standard InChI is InChI=1S/C16H21N3OS/c1-11-7-8-21-15(11)10-18-16(20)19-14-6-4-5-13(9-14)12(2)17-3/h4-9,12,17H,10H2,1-3H3,(H2,18,19,20). The summed E-state index contributed by atoms with van der Waals surface area (Å²) in [5, 5.41) is 11.0. The zero-order valence-electron chi connectivity index (χ0n) is 12.6. The monoisotopic (exact) mass is 303 g/mol. The van der Waals surface area contributed by atoms with Crippen LogP contribution >= 0.6 is 11.3 Å². The number of rotatable bonds is 5. The molecule has 1 unspecified atom stereocenters. The summed E-state index contributed by atoms with van der Waals surface area (Å²) < 4.78 is 0. The highest BCUT2D eigenvalue weighted by atomic mass is 32.1. The minimum Gasteiger partial charge on any atom is -0.333 e. The molecule has 0 saturated heterocycles. The average Bonchev–Trinajstić information content (AvgIpc) is 2.90. The molecular weight excluding hydrogens is 282 g/mol. The third kappa shape index (κ3) is 4.31. The van der Waals surface area contributed by atoms with E-state index >= 15 is 0 Å². The van der Waals surface area contributed by atoms with Gasteiger partial charge < -0.3 is 16.0 Å². The number of hydrogen-bond acceptors (Lipinski definition) is 3. The molecule has 0 saturated carbocycles. The van der Waals surface area contributed by atoms with Crippen LogP contribution in [-0.4, -0.2) is 13.1 Å². The minimum absolute atomic E-state index is 0.183. The van der Waals surface area contributed by atoms with Crippen LogP contribution in [0.4, 0.5) is 10.5 Å². The van der Waals surface area contributed by atoms with Gasteiger partial charge in [-0.05, 0) is 55.6 Å². The first kappa shape index (κ1) is 15.5. The van der Waals surface area contributed by atoms with Crippen molar-refractivity contribution in [2.24, 2.45) is 0 Å². The van der Waals surface area contributed by atoms with Gasteiger partial charge in [-0.3, -0.25) is 0 Å². The van der Waals surface area contributed by atoms with E-state index < -0.39 is 0 Å². The van der Waals surface area contributed by atoms with Crippen molar-refractivity contribution in [3.05, 3.63) is 51.7 Å². The van der Waals surface area contributed by atoms with E-state index in [9.17, 15) is 4.79 Å². The number of carbonyl (C=O) groups excluding carboxylic acids is 1. The number of amides is 2. The van der Waals surface area contributed by atoms with Gasteiger partial charge in [0, 0.05) is 16.6 Å². The third-order valence-corrected chi connectivity index (χ3v) is 4.48. The van der Waals surface area contributed by atoms with E-state index in [2.05, 4.69) is 28.9 Å². The number of anilines is 1. The van der Waals surface area contributed by atoms with Crippen LogP contribution in [0.15, 0.2) is 35.7 Å². The highest BCUT2D eigenvalue weighted by Crippen LogP contribution is 2.17. The van der Waals surface area contributed by atoms with Gasteiger partial charge in [-0.2, -0.15) is 0 Å². The highest BCUT2D eigenvalue weighted by Gasteiger charge is 2.06. The lowest BCUT2D eigenvalue weighted by atomic mass is 10.1. The van der Waals surface area contributed by atoms with Crippen LogP contribution in [0, 0.1) is 6.92 Å². The summed E-state index contributed by atoms with van der Waals surface area (Å²) in [6.07, 6.45) is 0. The number of aryl methyl sites for hydroxylation is 1. The van der Waals surface area contributed by atoms with Gasteiger partial charge in [0.25, 0.3) is 0 Å². The third-order valence-electron chi connectivity index (χ3n) is 3.46. The Balaban J connectivity index is 1.92. The molecular formula is C16H21N3OS. The maximum atomic E-state index is 11.9. The largest absolute Gasteiger partial charge is 0.333 e.